The number of rotatable bonds is 6. The molecule has 1 aromatic heterocycles. The van der Waals surface area contributed by atoms with Gasteiger partial charge in [-0.2, -0.15) is 5.26 Å². The Labute approximate surface area is 145 Å². The maximum atomic E-state index is 12.9. The standard InChI is InChI=1S/C19H16FN5/c20-16-7-5-14(6-8-16)9-10-22-18-11-19(24-13-23-18)25-17-4-2-1-3-15(17)12-21/h1-8,11,13H,9-10H2,(H2,22,23,24,25). The third-order valence-corrected chi connectivity index (χ3v) is 3.61. The van der Waals surface area contributed by atoms with Crippen LogP contribution in [0, 0.1) is 17.1 Å². The zero-order chi connectivity index (χ0) is 17.5. The van der Waals surface area contributed by atoms with E-state index in [0.29, 0.717) is 29.4 Å². The molecule has 0 aliphatic heterocycles. The van der Waals surface area contributed by atoms with E-state index in [1.165, 1.54) is 18.5 Å². The number of benzene rings is 2. The predicted molar refractivity (Wildman–Crippen MR) is 95.1 cm³/mol. The normalized spacial score (nSPS) is 10.1. The lowest BCUT2D eigenvalue weighted by Crippen LogP contribution is -2.07. The van der Waals surface area contributed by atoms with Crippen molar-refractivity contribution in [2.45, 2.75) is 6.42 Å². The summed E-state index contributed by atoms with van der Waals surface area (Å²) in [7, 11) is 0. The van der Waals surface area contributed by atoms with E-state index in [1.807, 2.05) is 18.2 Å². The number of hydrogen-bond acceptors (Lipinski definition) is 5. The van der Waals surface area contributed by atoms with E-state index in [9.17, 15) is 4.39 Å². The minimum Gasteiger partial charge on any atom is -0.370 e. The molecule has 5 nitrogen and oxygen atoms in total. The van der Waals surface area contributed by atoms with Crippen LogP contribution in [0.3, 0.4) is 0 Å². The Hall–Kier alpha value is -3.46. The molecule has 124 valence electrons. The van der Waals surface area contributed by atoms with E-state index in [4.69, 9.17) is 5.26 Å². The molecule has 0 fully saturated rings. The van der Waals surface area contributed by atoms with Gasteiger partial charge in [-0.3, -0.25) is 0 Å². The van der Waals surface area contributed by atoms with Gasteiger partial charge in [0.25, 0.3) is 0 Å². The fraction of sp³-hybridized carbons (Fsp3) is 0.105. The lowest BCUT2D eigenvalue weighted by Gasteiger charge is -2.09. The maximum Gasteiger partial charge on any atom is 0.135 e. The van der Waals surface area contributed by atoms with Crippen molar-refractivity contribution in [2.75, 3.05) is 17.2 Å². The molecule has 0 atom stereocenters. The van der Waals surface area contributed by atoms with Crippen LogP contribution < -0.4 is 10.6 Å². The lowest BCUT2D eigenvalue weighted by molar-refractivity contribution is 0.627. The Morgan fingerprint density at radius 3 is 2.56 bits per heavy atom. The number of aromatic nitrogens is 2. The summed E-state index contributed by atoms with van der Waals surface area (Å²) >= 11 is 0. The Balaban J connectivity index is 1.61. The number of nitriles is 1. The van der Waals surface area contributed by atoms with E-state index in [-0.39, 0.29) is 5.82 Å². The second kappa shape index (κ2) is 7.88. The highest BCUT2D eigenvalue weighted by atomic mass is 19.1. The average Bonchev–Trinajstić information content (AvgIpc) is 2.64. The van der Waals surface area contributed by atoms with Crippen molar-refractivity contribution in [2.24, 2.45) is 0 Å². The van der Waals surface area contributed by atoms with Crippen LogP contribution in [0.4, 0.5) is 21.7 Å². The predicted octanol–water partition coefficient (Wildman–Crippen LogP) is 3.89. The van der Waals surface area contributed by atoms with Gasteiger partial charge >= 0.3 is 0 Å². The minimum atomic E-state index is -0.235. The molecular weight excluding hydrogens is 317 g/mol. The zero-order valence-corrected chi connectivity index (χ0v) is 13.4. The molecule has 0 aliphatic rings. The van der Waals surface area contributed by atoms with E-state index in [1.54, 1.807) is 24.3 Å². The quantitative estimate of drug-likeness (QED) is 0.716. The smallest absolute Gasteiger partial charge is 0.135 e. The largest absolute Gasteiger partial charge is 0.370 e. The van der Waals surface area contributed by atoms with Crippen LogP contribution in [-0.4, -0.2) is 16.5 Å². The molecule has 6 heteroatoms. The van der Waals surface area contributed by atoms with Crippen LogP contribution in [0.25, 0.3) is 0 Å². The Morgan fingerprint density at radius 2 is 1.76 bits per heavy atom. The Morgan fingerprint density at radius 1 is 1.00 bits per heavy atom. The van der Waals surface area contributed by atoms with Gasteiger partial charge < -0.3 is 10.6 Å². The van der Waals surface area contributed by atoms with Crippen LogP contribution in [0.2, 0.25) is 0 Å². The van der Waals surface area contributed by atoms with Gasteiger partial charge in [-0.1, -0.05) is 24.3 Å². The van der Waals surface area contributed by atoms with Crippen molar-refractivity contribution in [3.63, 3.8) is 0 Å². The van der Waals surface area contributed by atoms with Crippen molar-refractivity contribution >= 4 is 17.3 Å². The molecule has 0 spiro atoms. The molecule has 1 heterocycles. The van der Waals surface area contributed by atoms with Gasteiger partial charge in [-0.05, 0) is 36.2 Å². The highest BCUT2D eigenvalue weighted by molar-refractivity contribution is 5.65. The van der Waals surface area contributed by atoms with Crippen LogP contribution in [-0.2, 0) is 6.42 Å². The number of hydrogen-bond donors (Lipinski definition) is 2. The molecule has 2 aromatic carbocycles. The summed E-state index contributed by atoms with van der Waals surface area (Å²) in [5.74, 6) is 1.04. The summed E-state index contributed by atoms with van der Waals surface area (Å²) in [6, 6.07) is 17.6. The molecule has 25 heavy (non-hydrogen) atoms. The molecule has 0 unspecified atom stereocenters. The van der Waals surface area contributed by atoms with E-state index in [2.05, 4.69) is 26.7 Å². The first kappa shape index (κ1) is 16.4. The van der Waals surface area contributed by atoms with E-state index < -0.39 is 0 Å². The lowest BCUT2D eigenvalue weighted by atomic mass is 10.1. The van der Waals surface area contributed by atoms with Crippen molar-refractivity contribution in [1.82, 2.24) is 9.97 Å². The highest BCUT2D eigenvalue weighted by Crippen LogP contribution is 2.19. The van der Waals surface area contributed by atoms with Crippen LogP contribution in [0.5, 0.6) is 0 Å². The average molecular weight is 333 g/mol. The van der Waals surface area contributed by atoms with Crippen molar-refractivity contribution < 1.29 is 4.39 Å². The fourth-order valence-electron chi connectivity index (χ4n) is 2.34. The summed E-state index contributed by atoms with van der Waals surface area (Å²) < 4.78 is 12.9. The van der Waals surface area contributed by atoms with Crippen LogP contribution in [0.15, 0.2) is 60.9 Å². The SMILES string of the molecule is N#Cc1ccccc1Nc1cc(NCCc2ccc(F)cc2)ncn1. The second-order valence-corrected chi connectivity index (χ2v) is 5.37. The Bertz CT molecular complexity index is 887. The van der Waals surface area contributed by atoms with Gasteiger partial charge in [-0.15, -0.1) is 0 Å². The van der Waals surface area contributed by atoms with Gasteiger partial charge in [0.05, 0.1) is 11.3 Å². The van der Waals surface area contributed by atoms with Gasteiger partial charge in [0, 0.05) is 12.6 Å². The molecule has 0 saturated carbocycles. The van der Waals surface area contributed by atoms with Gasteiger partial charge in [0.15, 0.2) is 0 Å². The van der Waals surface area contributed by atoms with E-state index >= 15 is 0 Å². The number of para-hydroxylation sites is 1. The summed E-state index contributed by atoms with van der Waals surface area (Å²) in [5, 5.41) is 15.5. The van der Waals surface area contributed by atoms with Crippen LogP contribution in [0.1, 0.15) is 11.1 Å². The molecular formula is C19H16FN5. The maximum absolute atomic E-state index is 12.9. The molecule has 0 bridgehead atoms. The van der Waals surface area contributed by atoms with Crippen LogP contribution >= 0.6 is 0 Å². The van der Waals surface area contributed by atoms with E-state index in [0.717, 1.165) is 12.0 Å². The topological polar surface area (TPSA) is 73.6 Å². The molecule has 0 radical (unpaired) electrons. The molecule has 0 amide bonds. The number of anilines is 3. The molecule has 0 saturated heterocycles. The summed E-state index contributed by atoms with van der Waals surface area (Å²) in [4.78, 5) is 8.35. The first-order chi connectivity index (χ1) is 12.2. The van der Waals surface area contributed by atoms with Gasteiger partial charge in [-0.25, -0.2) is 14.4 Å². The first-order valence-corrected chi connectivity index (χ1v) is 7.81. The molecule has 3 rings (SSSR count). The van der Waals surface area contributed by atoms with Crippen molar-refractivity contribution in [3.05, 3.63) is 77.9 Å². The minimum absolute atomic E-state index is 0.235. The number of nitrogens with zero attached hydrogens (tertiary/aromatic N) is 3. The molecule has 3 aromatic rings. The van der Waals surface area contributed by atoms with Crippen molar-refractivity contribution in [1.29, 1.82) is 5.26 Å². The third kappa shape index (κ3) is 4.52. The Kier molecular flexibility index (Phi) is 5.17. The summed E-state index contributed by atoms with van der Waals surface area (Å²) in [5.41, 5.74) is 2.29. The summed E-state index contributed by atoms with van der Waals surface area (Å²) in [6.07, 6.45) is 2.21. The second-order valence-electron chi connectivity index (χ2n) is 5.37. The van der Waals surface area contributed by atoms with Gasteiger partial charge in [0.1, 0.15) is 29.8 Å². The summed E-state index contributed by atoms with van der Waals surface area (Å²) in [6.45, 7) is 0.664. The molecule has 0 aliphatic carbocycles. The third-order valence-electron chi connectivity index (χ3n) is 3.61. The fourth-order valence-corrected chi connectivity index (χ4v) is 2.34. The van der Waals surface area contributed by atoms with Gasteiger partial charge in [0.2, 0.25) is 0 Å². The monoisotopic (exact) mass is 333 g/mol. The highest BCUT2D eigenvalue weighted by Gasteiger charge is 2.03. The first-order valence-electron chi connectivity index (χ1n) is 7.81. The van der Waals surface area contributed by atoms with Crippen molar-refractivity contribution in [3.8, 4) is 6.07 Å². The number of halogens is 1. The molecule has 2 N–H and O–H groups in total. The zero-order valence-electron chi connectivity index (χ0n) is 13.4. The number of nitrogens with one attached hydrogen (secondary N) is 2.